The minimum Gasteiger partial charge on any atom is -0.396 e. The van der Waals surface area contributed by atoms with Crippen molar-refractivity contribution in [2.75, 3.05) is 59.1 Å². The number of aliphatic hydroxyl groups excluding tert-OH is 1. The summed E-state index contributed by atoms with van der Waals surface area (Å²) in [7, 11) is 0. The van der Waals surface area contributed by atoms with E-state index in [1.807, 2.05) is 0 Å². The quantitative estimate of drug-likeness (QED) is 0.728. The van der Waals surface area contributed by atoms with Gasteiger partial charge in [0.25, 0.3) is 0 Å². The zero-order valence-electron chi connectivity index (χ0n) is 13.7. The highest BCUT2D eigenvalue weighted by atomic mass is 16.5. The summed E-state index contributed by atoms with van der Waals surface area (Å²) in [6.45, 7) is 12.7. The maximum atomic E-state index is 12.3. The third-order valence-corrected chi connectivity index (χ3v) is 3.35. The topological polar surface area (TPSA) is 65.0 Å². The Hall–Kier alpha value is -0.850. The summed E-state index contributed by atoms with van der Waals surface area (Å²) in [6, 6.07) is -0.0355. The lowest BCUT2D eigenvalue weighted by molar-refractivity contribution is 0.0385. The summed E-state index contributed by atoms with van der Waals surface area (Å²) >= 11 is 0. The van der Waals surface area contributed by atoms with Crippen molar-refractivity contribution in [3.8, 4) is 0 Å². The van der Waals surface area contributed by atoms with Crippen molar-refractivity contribution in [1.82, 2.24) is 15.1 Å². The molecule has 0 atom stereocenters. The molecule has 2 N–H and O–H groups in total. The van der Waals surface area contributed by atoms with Crippen molar-refractivity contribution in [2.45, 2.75) is 27.2 Å². The fourth-order valence-electron chi connectivity index (χ4n) is 2.34. The van der Waals surface area contributed by atoms with Crippen molar-refractivity contribution < 1.29 is 14.6 Å². The molecule has 6 nitrogen and oxygen atoms in total. The molecule has 21 heavy (non-hydrogen) atoms. The van der Waals surface area contributed by atoms with Crippen LogP contribution in [0.2, 0.25) is 0 Å². The van der Waals surface area contributed by atoms with E-state index >= 15 is 0 Å². The summed E-state index contributed by atoms with van der Waals surface area (Å²) in [5, 5.41) is 11.9. The molecule has 0 aliphatic carbocycles. The summed E-state index contributed by atoms with van der Waals surface area (Å²) in [4.78, 5) is 16.4. The maximum Gasteiger partial charge on any atom is 0.317 e. The zero-order valence-corrected chi connectivity index (χ0v) is 13.7. The molecule has 6 heteroatoms. The van der Waals surface area contributed by atoms with Crippen LogP contribution in [0.5, 0.6) is 0 Å². The van der Waals surface area contributed by atoms with Gasteiger partial charge in [0.2, 0.25) is 0 Å². The summed E-state index contributed by atoms with van der Waals surface area (Å²) in [5.41, 5.74) is 0.0526. The van der Waals surface area contributed by atoms with Crippen molar-refractivity contribution in [3.05, 3.63) is 0 Å². The number of urea groups is 1. The van der Waals surface area contributed by atoms with Crippen molar-refractivity contribution in [3.63, 3.8) is 0 Å². The fraction of sp³-hybridized carbons (Fsp3) is 0.933. The lowest BCUT2D eigenvalue weighted by atomic mass is 9.96. The van der Waals surface area contributed by atoms with Crippen LogP contribution in [-0.4, -0.2) is 80.0 Å². The van der Waals surface area contributed by atoms with Gasteiger partial charge in [0, 0.05) is 45.9 Å². The number of nitrogens with one attached hydrogen (secondary N) is 1. The summed E-state index contributed by atoms with van der Waals surface area (Å²) < 4.78 is 5.30. The molecule has 1 aliphatic rings. The Labute approximate surface area is 128 Å². The molecule has 1 heterocycles. The van der Waals surface area contributed by atoms with E-state index < -0.39 is 0 Å². The predicted octanol–water partition coefficient (Wildman–Crippen LogP) is 0.759. The number of hydrogen-bond donors (Lipinski definition) is 2. The van der Waals surface area contributed by atoms with Crippen LogP contribution in [0.15, 0.2) is 0 Å². The van der Waals surface area contributed by atoms with Gasteiger partial charge in [-0.2, -0.15) is 0 Å². The van der Waals surface area contributed by atoms with Crippen LogP contribution in [0.4, 0.5) is 4.79 Å². The first kappa shape index (κ1) is 18.2. The summed E-state index contributed by atoms with van der Waals surface area (Å²) in [6.07, 6.45) is 0.618. The van der Waals surface area contributed by atoms with Gasteiger partial charge in [-0.1, -0.05) is 20.8 Å². The van der Waals surface area contributed by atoms with Gasteiger partial charge in [-0.05, 0) is 11.8 Å². The summed E-state index contributed by atoms with van der Waals surface area (Å²) in [5.74, 6) is 0. The Morgan fingerprint density at radius 1 is 1.33 bits per heavy atom. The average Bonchev–Trinajstić information content (AvgIpc) is 2.43. The zero-order chi connectivity index (χ0) is 15.7. The molecular formula is C15H31N3O3. The monoisotopic (exact) mass is 301 g/mol. The second-order valence-electron chi connectivity index (χ2n) is 6.75. The number of morpholine rings is 1. The van der Waals surface area contributed by atoms with Crippen LogP contribution in [0.3, 0.4) is 0 Å². The molecule has 0 aromatic carbocycles. The number of carbonyl (C=O) groups excluding carboxylic acids is 1. The Bertz CT molecular complexity index is 299. The molecule has 0 bridgehead atoms. The van der Waals surface area contributed by atoms with Gasteiger partial charge in [-0.25, -0.2) is 4.79 Å². The molecule has 0 saturated carbocycles. The van der Waals surface area contributed by atoms with Gasteiger partial charge in [-0.15, -0.1) is 0 Å². The van der Waals surface area contributed by atoms with Gasteiger partial charge in [0.15, 0.2) is 0 Å². The van der Waals surface area contributed by atoms with E-state index in [2.05, 4.69) is 31.0 Å². The number of amides is 2. The minimum atomic E-state index is -0.0355. The SMILES string of the molecule is CC(C)(C)CN(CCCO)C(=O)NCCN1CCOCC1. The Balaban J connectivity index is 2.32. The molecule has 1 fully saturated rings. The first-order chi connectivity index (χ1) is 9.92. The predicted molar refractivity (Wildman–Crippen MR) is 83.4 cm³/mol. The molecule has 1 aliphatic heterocycles. The van der Waals surface area contributed by atoms with E-state index in [0.717, 1.165) is 32.8 Å². The molecule has 124 valence electrons. The second kappa shape index (κ2) is 9.23. The smallest absolute Gasteiger partial charge is 0.317 e. The first-order valence-electron chi connectivity index (χ1n) is 7.86. The van der Waals surface area contributed by atoms with Crippen LogP contribution < -0.4 is 5.32 Å². The number of aliphatic hydroxyl groups is 1. The highest BCUT2D eigenvalue weighted by Crippen LogP contribution is 2.15. The standard InChI is InChI=1S/C15H31N3O3/c1-15(2,3)13-18(6-4-10-19)14(20)16-5-7-17-8-11-21-12-9-17/h19H,4-13H2,1-3H3,(H,16,20). The Morgan fingerprint density at radius 3 is 2.57 bits per heavy atom. The van der Waals surface area contributed by atoms with Crippen LogP contribution >= 0.6 is 0 Å². The molecule has 0 radical (unpaired) electrons. The van der Waals surface area contributed by atoms with Crippen molar-refractivity contribution >= 4 is 6.03 Å². The lowest BCUT2D eigenvalue weighted by Crippen LogP contribution is -2.47. The Morgan fingerprint density at radius 2 is 2.00 bits per heavy atom. The molecule has 0 aromatic rings. The molecular weight excluding hydrogens is 270 g/mol. The van der Waals surface area contributed by atoms with Gasteiger partial charge < -0.3 is 20.1 Å². The molecule has 1 saturated heterocycles. The van der Waals surface area contributed by atoms with Gasteiger partial charge in [0.05, 0.1) is 13.2 Å². The average molecular weight is 301 g/mol. The largest absolute Gasteiger partial charge is 0.396 e. The van der Waals surface area contributed by atoms with E-state index in [0.29, 0.717) is 26.1 Å². The lowest BCUT2D eigenvalue weighted by Gasteiger charge is -2.31. The van der Waals surface area contributed by atoms with Crippen LogP contribution in [-0.2, 0) is 4.74 Å². The van der Waals surface area contributed by atoms with Crippen LogP contribution in [0.25, 0.3) is 0 Å². The molecule has 0 unspecified atom stereocenters. The van der Waals surface area contributed by atoms with Crippen LogP contribution in [0.1, 0.15) is 27.2 Å². The van der Waals surface area contributed by atoms with E-state index in [-0.39, 0.29) is 18.1 Å². The van der Waals surface area contributed by atoms with E-state index in [9.17, 15) is 4.79 Å². The number of hydrogen-bond acceptors (Lipinski definition) is 4. The third kappa shape index (κ3) is 8.24. The van der Waals surface area contributed by atoms with Gasteiger partial charge in [0.1, 0.15) is 0 Å². The van der Waals surface area contributed by atoms with Gasteiger partial charge >= 0.3 is 6.03 Å². The highest BCUT2D eigenvalue weighted by Gasteiger charge is 2.20. The van der Waals surface area contributed by atoms with Crippen LogP contribution in [0, 0.1) is 5.41 Å². The number of nitrogens with zero attached hydrogens (tertiary/aromatic N) is 2. The molecule has 1 rings (SSSR count). The third-order valence-electron chi connectivity index (χ3n) is 3.35. The van der Waals surface area contributed by atoms with E-state index in [1.54, 1.807) is 4.90 Å². The van der Waals surface area contributed by atoms with Crippen molar-refractivity contribution in [2.24, 2.45) is 5.41 Å². The van der Waals surface area contributed by atoms with Gasteiger partial charge in [-0.3, -0.25) is 4.90 Å². The molecule has 0 aromatic heterocycles. The normalized spacial score (nSPS) is 16.8. The minimum absolute atomic E-state index is 0.0355. The van der Waals surface area contributed by atoms with E-state index in [4.69, 9.17) is 9.84 Å². The molecule has 0 spiro atoms. The van der Waals surface area contributed by atoms with Crippen molar-refractivity contribution in [1.29, 1.82) is 0 Å². The molecule has 2 amide bonds. The second-order valence-corrected chi connectivity index (χ2v) is 6.75. The number of ether oxygens (including phenoxy) is 1. The number of rotatable bonds is 7. The first-order valence-corrected chi connectivity index (χ1v) is 7.86. The fourth-order valence-corrected chi connectivity index (χ4v) is 2.34. The van der Waals surface area contributed by atoms with E-state index in [1.165, 1.54) is 0 Å². The maximum absolute atomic E-state index is 12.3. The highest BCUT2D eigenvalue weighted by molar-refractivity contribution is 5.74. The number of carbonyl (C=O) groups is 1. The Kier molecular flexibility index (Phi) is 8.00.